The summed E-state index contributed by atoms with van der Waals surface area (Å²) in [4.78, 5) is 14.5. The molecule has 1 aliphatic carbocycles. The number of halogens is 2. The third kappa shape index (κ3) is 4.46. The maximum absolute atomic E-state index is 15.5. The Morgan fingerprint density at radius 3 is 2.83 bits per heavy atom. The number of rotatable bonds is 7. The standard InChI is InChI=1S/C26H30F2N8/c1-16(35-9-7-29-8-10-35)17-5-6-30-22(11-17)33-25-32-21-4-3-20(23(27)24(21)34-25)18-13-31-36(14-18)15-19-12-26(19,2)28/h3-6,11,13-14,16,19,29H,7-10,12,15H2,1-2H3,(H2,30,32,33,34). The molecule has 1 aliphatic heterocycles. The van der Waals surface area contributed by atoms with Gasteiger partial charge in [-0.2, -0.15) is 5.10 Å². The lowest BCUT2D eigenvalue weighted by molar-refractivity contribution is 0.185. The Bertz CT molecular complexity index is 1390. The summed E-state index contributed by atoms with van der Waals surface area (Å²) in [7, 11) is 0. The molecule has 4 heterocycles. The molecule has 10 heteroatoms. The van der Waals surface area contributed by atoms with Crippen LogP contribution in [-0.2, 0) is 6.54 Å². The second kappa shape index (κ2) is 8.94. The summed E-state index contributed by atoms with van der Waals surface area (Å²) in [6, 6.07) is 7.83. The first-order valence-corrected chi connectivity index (χ1v) is 12.4. The molecule has 0 spiro atoms. The first kappa shape index (κ1) is 23.1. The zero-order chi connectivity index (χ0) is 24.9. The number of nitrogens with one attached hydrogen (secondary N) is 3. The summed E-state index contributed by atoms with van der Waals surface area (Å²) >= 11 is 0. The van der Waals surface area contributed by atoms with E-state index in [-0.39, 0.29) is 17.5 Å². The molecule has 2 aliphatic rings. The van der Waals surface area contributed by atoms with Crippen molar-refractivity contribution in [3.05, 3.63) is 54.2 Å². The number of H-pyrrole nitrogens is 1. The number of fused-ring (bicyclic) bond motifs is 1. The lowest BCUT2D eigenvalue weighted by Crippen LogP contribution is -2.44. The molecule has 1 aromatic carbocycles. The van der Waals surface area contributed by atoms with E-state index in [1.54, 1.807) is 42.3 Å². The topological polar surface area (TPSA) is 86.7 Å². The van der Waals surface area contributed by atoms with Gasteiger partial charge in [-0.1, -0.05) is 0 Å². The van der Waals surface area contributed by atoms with E-state index in [4.69, 9.17) is 0 Å². The van der Waals surface area contributed by atoms with Gasteiger partial charge in [0.25, 0.3) is 0 Å². The number of benzene rings is 1. The first-order chi connectivity index (χ1) is 17.4. The highest BCUT2D eigenvalue weighted by Crippen LogP contribution is 2.47. The largest absolute Gasteiger partial charge is 0.324 e. The quantitative estimate of drug-likeness (QED) is 0.354. The number of hydrogen-bond donors (Lipinski definition) is 3. The van der Waals surface area contributed by atoms with Gasteiger partial charge in [0.15, 0.2) is 5.82 Å². The number of alkyl halides is 1. The molecule has 3 N–H and O–H groups in total. The Morgan fingerprint density at radius 1 is 1.25 bits per heavy atom. The number of nitrogens with zero attached hydrogens (tertiary/aromatic N) is 5. The number of pyridine rings is 1. The third-order valence-electron chi connectivity index (χ3n) is 7.49. The van der Waals surface area contributed by atoms with Crippen molar-refractivity contribution < 1.29 is 8.78 Å². The summed E-state index contributed by atoms with van der Waals surface area (Å²) in [6.45, 7) is 8.30. The molecule has 1 saturated carbocycles. The van der Waals surface area contributed by atoms with Gasteiger partial charge >= 0.3 is 0 Å². The van der Waals surface area contributed by atoms with Crippen molar-refractivity contribution in [2.45, 2.75) is 38.5 Å². The highest BCUT2D eigenvalue weighted by Gasteiger charge is 2.51. The second-order valence-corrected chi connectivity index (χ2v) is 10.1. The van der Waals surface area contributed by atoms with Gasteiger partial charge in [0.2, 0.25) is 5.95 Å². The molecular formula is C26H30F2N8. The molecule has 188 valence electrons. The molecule has 6 rings (SSSR count). The monoisotopic (exact) mass is 492 g/mol. The minimum absolute atomic E-state index is 0.0375. The fourth-order valence-electron chi connectivity index (χ4n) is 5.01. The number of piperazine rings is 1. The van der Waals surface area contributed by atoms with Crippen LogP contribution in [0.3, 0.4) is 0 Å². The van der Waals surface area contributed by atoms with Crippen LogP contribution in [0.2, 0.25) is 0 Å². The summed E-state index contributed by atoms with van der Waals surface area (Å²) in [5.74, 6) is 0.610. The molecule has 0 amide bonds. The van der Waals surface area contributed by atoms with Gasteiger partial charge in [-0.25, -0.2) is 18.7 Å². The molecule has 2 fully saturated rings. The fourth-order valence-corrected chi connectivity index (χ4v) is 5.01. The predicted octanol–water partition coefficient (Wildman–Crippen LogP) is 4.42. The van der Waals surface area contributed by atoms with Crippen molar-refractivity contribution in [3.63, 3.8) is 0 Å². The van der Waals surface area contributed by atoms with Crippen LogP contribution < -0.4 is 10.6 Å². The van der Waals surface area contributed by atoms with E-state index in [1.807, 2.05) is 12.1 Å². The molecule has 36 heavy (non-hydrogen) atoms. The summed E-state index contributed by atoms with van der Waals surface area (Å²) in [5, 5.41) is 10.9. The van der Waals surface area contributed by atoms with Crippen molar-refractivity contribution in [2.75, 3.05) is 31.5 Å². The van der Waals surface area contributed by atoms with Gasteiger partial charge in [-0.05, 0) is 50.1 Å². The van der Waals surface area contributed by atoms with Crippen LogP contribution >= 0.6 is 0 Å². The predicted molar refractivity (Wildman–Crippen MR) is 135 cm³/mol. The van der Waals surface area contributed by atoms with E-state index in [0.717, 1.165) is 31.7 Å². The number of imidazole rings is 1. The Balaban J connectivity index is 1.20. The molecule has 0 radical (unpaired) electrons. The van der Waals surface area contributed by atoms with Crippen molar-refractivity contribution in [1.29, 1.82) is 0 Å². The first-order valence-electron chi connectivity index (χ1n) is 12.4. The van der Waals surface area contributed by atoms with E-state index in [2.05, 4.69) is 42.5 Å². The number of aromatic amines is 1. The van der Waals surface area contributed by atoms with E-state index in [1.165, 1.54) is 0 Å². The van der Waals surface area contributed by atoms with Crippen molar-refractivity contribution in [1.82, 2.24) is 34.9 Å². The van der Waals surface area contributed by atoms with Crippen molar-refractivity contribution in [3.8, 4) is 11.1 Å². The van der Waals surface area contributed by atoms with Crippen molar-refractivity contribution >= 4 is 22.8 Å². The molecule has 4 aromatic rings. The van der Waals surface area contributed by atoms with Gasteiger partial charge in [0, 0.05) is 68.2 Å². The van der Waals surface area contributed by atoms with Crippen LogP contribution in [-0.4, -0.2) is 61.5 Å². The van der Waals surface area contributed by atoms with E-state index in [9.17, 15) is 4.39 Å². The maximum Gasteiger partial charge on any atom is 0.206 e. The molecule has 0 bridgehead atoms. The van der Waals surface area contributed by atoms with Crippen LogP contribution in [0.25, 0.3) is 22.2 Å². The minimum Gasteiger partial charge on any atom is -0.324 e. The Labute approximate surface area is 208 Å². The highest BCUT2D eigenvalue weighted by atomic mass is 19.1. The second-order valence-electron chi connectivity index (χ2n) is 10.1. The normalized spacial score (nSPS) is 23.2. The molecule has 3 atom stereocenters. The van der Waals surface area contributed by atoms with Gasteiger partial charge < -0.3 is 15.6 Å². The molecular weight excluding hydrogens is 462 g/mol. The summed E-state index contributed by atoms with van der Waals surface area (Å²) in [6.07, 6.45) is 5.70. The van der Waals surface area contributed by atoms with Crippen molar-refractivity contribution in [2.24, 2.45) is 5.92 Å². The molecule has 1 saturated heterocycles. The Kier molecular flexibility index (Phi) is 5.72. The number of aromatic nitrogens is 5. The SMILES string of the molecule is CC(c1ccnc(Nc2nc3c(F)c(-c4cnn(CC5CC5(C)F)c4)ccc3[nH]2)c1)N1CCNCC1. The lowest BCUT2D eigenvalue weighted by atomic mass is 10.1. The molecule has 3 aromatic heterocycles. The van der Waals surface area contributed by atoms with Gasteiger partial charge in [0.05, 0.1) is 11.7 Å². The zero-order valence-electron chi connectivity index (χ0n) is 20.4. The van der Waals surface area contributed by atoms with Crippen LogP contribution in [0.1, 0.15) is 31.9 Å². The molecule has 3 unspecified atom stereocenters. The van der Waals surface area contributed by atoms with E-state index < -0.39 is 11.5 Å². The Hall–Kier alpha value is -3.37. The lowest BCUT2D eigenvalue weighted by Gasteiger charge is -2.33. The Morgan fingerprint density at radius 2 is 2.06 bits per heavy atom. The van der Waals surface area contributed by atoms with Crippen LogP contribution in [0, 0.1) is 11.7 Å². The third-order valence-corrected chi connectivity index (χ3v) is 7.49. The number of hydrogen-bond acceptors (Lipinski definition) is 6. The summed E-state index contributed by atoms with van der Waals surface area (Å²) < 4.78 is 31.0. The highest BCUT2D eigenvalue weighted by molar-refractivity contribution is 5.84. The van der Waals surface area contributed by atoms with Crippen LogP contribution in [0.4, 0.5) is 20.5 Å². The minimum atomic E-state index is -1.12. The maximum atomic E-state index is 15.5. The smallest absolute Gasteiger partial charge is 0.206 e. The van der Waals surface area contributed by atoms with E-state index >= 15 is 4.39 Å². The fraction of sp³-hybridized carbons (Fsp3) is 0.423. The number of anilines is 2. The van der Waals surface area contributed by atoms with Gasteiger partial charge in [0.1, 0.15) is 17.0 Å². The van der Waals surface area contributed by atoms with E-state index in [0.29, 0.717) is 41.4 Å². The van der Waals surface area contributed by atoms with Gasteiger partial charge in [-0.3, -0.25) is 9.58 Å². The van der Waals surface area contributed by atoms with Gasteiger partial charge in [-0.15, -0.1) is 0 Å². The average Bonchev–Trinajstić information content (AvgIpc) is 3.22. The summed E-state index contributed by atoms with van der Waals surface area (Å²) in [5.41, 5.74) is 1.93. The molecule has 8 nitrogen and oxygen atoms in total. The average molecular weight is 493 g/mol. The van der Waals surface area contributed by atoms with Crippen LogP contribution in [0.5, 0.6) is 0 Å². The van der Waals surface area contributed by atoms with Crippen LogP contribution in [0.15, 0.2) is 42.9 Å². The zero-order valence-corrected chi connectivity index (χ0v) is 20.4.